The van der Waals surface area contributed by atoms with E-state index in [0.717, 1.165) is 70.8 Å². The maximum Gasteiger partial charge on any atom is 0.194 e. The summed E-state index contributed by atoms with van der Waals surface area (Å²) < 4.78 is 5.51. The third kappa shape index (κ3) is 4.79. The van der Waals surface area contributed by atoms with Gasteiger partial charge in [-0.25, -0.2) is 4.98 Å². The van der Waals surface area contributed by atoms with E-state index in [1.807, 2.05) is 25.4 Å². The summed E-state index contributed by atoms with van der Waals surface area (Å²) in [6.45, 7) is 8.00. The fraction of sp³-hybridized carbons (Fsp3) is 0.455. The maximum atomic E-state index is 5.51. The van der Waals surface area contributed by atoms with Gasteiger partial charge in [-0.1, -0.05) is 24.3 Å². The number of ether oxygens (including phenoxy) is 1. The van der Waals surface area contributed by atoms with Crippen LogP contribution in [0.25, 0.3) is 0 Å². The monoisotopic (exact) mass is 394 g/mol. The third-order valence-electron chi connectivity index (χ3n) is 5.54. The summed E-state index contributed by atoms with van der Waals surface area (Å²) in [7, 11) is 1.86. The Morgan fingerprint density at radius 3 is 2.45 bits per heavy atom. The van der Waals surface area contributed by atoms with Crippen LogP contribution in [0, 0.1) is 0 Å². The zero-order valence-electron chi connectivity index (χ0n) is 17.1. The van der Waals surface area contributed by atoms with E-state index in [4.69, 9.17) is 4.74 Å². The molecule has 0 bridgehead atoms. The van der Waals surface area contributed by atoms with Crippen LogP contribution in [0.4, 0.5) is 11.5 Å². The third-order valence-corrected chi connectivity index (χ3v) is 5.54. The molecule has 1 aromatic heterocycles. The number of hydrogen-bond donors (Lipinski definition) is 1. The van der Waals surface area contributed by atoms with Gasteiger partial charge in [0.15, 0.2) is 5.96 Å². The molecule has 0 unspecified atom stereocenters. The average molecular weight is 395 g/mol. The normalized spacial score (nSPS) is 18.1. The first-order valence-electron chi connectivity index (χ1n) is 10.4. The molecule has 1 aromatic carbocycles. The van der Waals surface area contributed by atoms with Crippen molar-refractivity contribution in [1.29, 1.82) is 0 Å². The van der Waals surface area contributed by atoms with E-state index in [0.29, 0.717) is 0 Å². The van der Waals surface area contributed by atoms with Crippen LogP contribution in [-0.2, 0) is 11.3 Å². The van der Waals surface area contributed by atoms with E-state index in [1.54, 1.807) is 0 Å². The molecule has 4 rings (SSSR count). The molecule has 2 aliphatic rings. The van der Waals surface area contributed by atoms with Crippen molar-refractivity contribution in [3.8, 4) is 0 Å². The Morgan fingerprint density at radius 1 is 0.966 bits per heavy atom. The van der Waals surface area contributed by atoms with Gasteiger partial charge in [-0.3, -0.25) is 4.99 Å². The Morgan fingerprint density at radius 2 is 1.72 bits per heavy atom. The number of hydrogen-bond acceptors (Lipinski definition) is 5. The van der Waals surface area contributed by atoms with Crippen LogP contribution in [0.2, 0.25) is 0 Å². The predicted molar refractivity (Wildman–Crippen MR) is 118 cm³/mol. The van der Waals surface area contributed by atoms with Crippen LogP contribution in [-0.4, -0.2) is 75.4 Å². The first-order chi connectivity index (χ1) is 14.3. The SMILES string of the molecule is CN=C(NCc1ccccc1N1CCOCC1)N1CCN(c2ccccn2)CC1. The van der Waals surface area contributed by atoms with Crippen molar-refractivity contribution in [2.45, 2.75) is 6.54 Å². The number of anilines is 2. The van der Waals surface area contributed by atoms with Gasteiger partial charge in [0, 0.05) is 64.7 Å². The minimum absolute atomic E-state index is 0.765. The van der Waals surface area contributed by atoms with Crippen LogP contribution < -0.4 is 15.1 Å². The molecule has 1 N–H and O–H groups in total. The number of nitrogens with zero attached hydrogens (tertiary/aromatic N) is 5. The molecule has 0 atom stereocenters. The Bertz CT molecular complexity index is 798. The smallest absolute Gasteiger partial charge is 0.194 e. The van der Waals surface area contributed by atoms with Crippen molar-refractivity contribution >= 4 is 17.5 Å². The van der Waals surface area contributed by atoms with Crippen LogP contribution >= 0.6 is 0 Å². The van der Waals surface area contributed by atoms with Gasteiger partial charge >= 0.3 is 0 Å². The first kappa shape index (κ1) is 19.5. The quantitative estimate of drug-likeness (QED) is 0.631. The van der Waals surface area contributed by atoms with Crippen LogP contribution in [0.3, 0.4) is 0 Å². The van der Waals surface area contributed by atoms with E-state index in [-0.39, 0.29) is 0 Å². The minimum Gasteiger partial charge on any atom is -0.378 e. The van der Waals surface area contributed by atoms with Gasteiger partial charge in [0.1, 0.15) is 5.82 Å². The second-order valence-electron chi connectivity index (χ2n) is 7.29. The molecule has 2 saturated heterocycles. The van der Waals surface area contributed by atoms with E-state index in [9.17, 15) is 0 Å². The highest BCUT2D eigenvalue weighted by Gasteiger charge is 2.21. The maximum absolute atomic E-state index is 5.51. The second kappa shape index (κ2) is 9.60. The molecule has 7 heteroatoms. The number of aromatic nitrogens is 1. The van der Waals surface area contributed by atoms with Crippen LogP contribution in [0.15, 0.2) is 53.7 Å². The molecule has 0 spiro atoms. The van der Waals surface area contributed by atoms with Gasteiger partial charge in [-0.2, -0.15) is 0 Å². The summed E-state index contributed by atoms with van der Waals surface area (Å²) in [5, 5.41) is 3.57. The number of para-hydroxylation sites is 1. The van der Waals surface area contributed by atoms with Gasteiger partial charge in [0.05, 0.1) is 13.2 Å². The molecule has 2 fully saturated rings. The lowest BCUT2D eigenvalue weighted by atomic mass is 10.1. The molecule has 2 aromatic rings. The first-order valence-corrected chi connectivity index (χ1v) is 10.4. The number of morpholine rings is 1. The predicted octanol–water partition coefficient (Wildman–Crippen LogP) is 1.82. The topological polar surface area (TPSA) is 56.2 Å². The average Bonchev–Trinajstić information content (AvgIpc) is 2.81. The van der Waals surface area contributed by atoms with Gasteiger partial charge in [0.25, 0.3) is 0 Å². The number of piperazine rings is 1. The molecule has 0 saturated carbocycles. The molecule has 0 aliphatic carbocycles. The van der Waals surface area contributed by atoms with Gasteiger partial charge < -0.3 is 24.8 Å². The van der Waals surface area contributed by atoms with Crippen LogP contribution in [0.1, 0.15) is 5.56 Å². The Kier molecular flexibility index (Phi) is 6.46. The Labute approximate surface area is 173 Å². The molecule has 154 valence electrons. The molecule has 29 heavy (non-hydrogen) atoms. The lowest BCUT2D eigenvalue weighted by Gasteiger charge is -2.37. The largest absolute Gasteiger partial charge is 0.378 e. The van der Waals surface area contributed by atoms with Crippen molar-refractivity contribution in [2.75, 3.05) is 69.3 Å². The van der Waals surface area contributed by atoms with Gasteiger partial charge in [-0.15, -0.1) is 0 Å². The summed E-state index contributed by atoms with van der Waals surface area (Å²) in [5.74, 6) is 2.01. The molecular formula is C22H30N6O. The molecular weight excluding hydrogens is 364 g/mol. The number of guanidine groups is 1. The van der Waals surface area contributed by atoms with Gasteiger partial charge in [0.2, 0.25) is 0 Å². The van der Waals surface area contributed by atoms with Crippen molar-refractivity contribution in [1.82, 2.24) is 15.2 Å². The number of benzene rings is 1. The van der Waals surface area contributed by atoms with E-state index in [2.05, 4.69) is 60.3 Å². The zero-order chi connectivity index (χ0) is 19.9. The molecule has 7 nitrogen and oxygen atoms in total. The number of aliphatic imine (C=N–C) groups is 1. The summed E-state index contributed by atoms with van der Waals surface area (Å²) >= 11 is 0. The highest BCUT2D eigenvalue weighted by Crippen LogP contribution is 2.21. The number of rotatable bonds is 4. The summed E-state index contributed by atoms with van der Waals surface area (Å²) in [6.07, 6.45) is 1.86. The van der Waals surface area contributed by atoms with Crippen molar-refractivity contribution < 1.29 is 4.74 Å². The summed E-state index contributed by atoms with van der Waals surface area (Å²) in [5.41, 5.74) is 2.58. The van der Waals surface area contributed by atoms with Crippen molar-refractivity contribution in [3.05, 3.63) is 54.2 Å². The second-order valence-corrected chi connectivity index (χ2v) is 7.29. The van der Waals surface area contributed by atoms with Crippen molar-refractivity contribution in [3.63, 3.8) is 0 Å². The standard InChI is InChI=1S/C22H30N6O/c1-23-22(28-12-10-27(11-13-28)21-8-4-5-9-24-21)25-18-19-6-2-3-7-20(19)26-14-16-29-17-15-26/h2-9H,10-18H2,1H3,(H,23,25). The summed E-state index contributed by atoms with van der Waals surface area (Å²) in [6, 6.07) is 14.7. The molecule has 3 heterocycles. The molecule has 2 aliphatic heterocycles. The van der Waals surface area contributed by atoms with E-state index in [1.165, 1.54) is 11.3 Å². The van der Waals surface area contributed by atoms with E-state index < -0.39 is 0 Å². The number of nitrogens with one attached hydrogen (secondary N) is 1. The highest BCUT2D eigenvalue weighted by atomic mass is 16.5. The lowest BCUT2D eigenvalue weighted by Crippen LogP contribution is -2.52. The lowest BCUT2D eigenvalue weighted by molar-refractivity contribution is 0.122. The van der Waals surface area contributed by atoms with E-state index >= 15 is 0 Å². The Hall–Kier alpha value is -2.80. The Balaban J connectivity index is 1.35. The molecule has 0 radical (unpaired) electrons. The minimum atomic E-state index is 0.765. The zero-order valence-corrected chi connectivity index (χ0v) is 17.1. The summed E-state index contributed by atoms with van der Waals surface area (Å²) in [4.78, 5) is 16.1. The van der Waals surface area contributed by atoms with Gasteiger partial charge in [-0.05, 0) is 23.8 Å². The highest BCUT2D eigenvalue weighted by molar-refractivity contribution is 5.80. The molecule has 0 amide bonds. The van der Waals surface area contributed by atoms with Crippen molar-refractivity contribution in [2.24, 2.45) is 4.99 Å². The van der Waals surface area contributed by atoms with Crippen LogP contribution in [0.5, 0.6) is 0 Å². The fourth-order valence-corrected chi connectivity index (χ4v) is 3.97. The number of pyridine rings is 1. The fourth-order valence-electron chi connectivity index (χ4n) is 3.97.